The number of anilines is 1. The number of rotatable bonds is 6. The molecule has 1 aromatic heterocycles. The molecule has 0 saturated heterocycles. The van der Waals surface area contributed by atoms with Crippen LogP contribution in [-0.4, -0.2) is 37.2 Å². The van der Waals surface area contributed by atoms with E-state index in [1.165, 1.54) is 18.3 Å². The molecule has 0 saturated carbocycles. The fourth-order valence-electron chi connectivity index (χ4n) is 2.72. The van der Waals surface area contributed by atoms with Crippen molar-refractivity contribution in [3.8, 4) is 5.75 Å². The number of fused-ring (bicyclic) bond motifs is 1. The van der Waals surface area contributed by atoms with Gasteiger partial charge in [-0.25, -0.2) is 0 Å². The topological polar surface area (TPSA) is 81.9 Å². The van der Waals surface area contributed by atoms with Crippen LogP contribution in [0.15, 0.2) is 47.5 Å². The molecule has 2 amide bonds. The van der Waals surface area contributed by atoms with Crippen molar-refractivity contribution in [1.82, 2.24) is 4.57 Å². The number of amides is 2. The molecular formula is C20H21N3O4S. The molecular weight excluding hydrogens is 378 g/mol. The number of nitrogens with one attached hydrogen (secondary N) is 1. The van der Waals surface area contributed by atoms with Crippen molar-refractivity contribution in [2.75, 3.05) is 26.1 Å². The summed E-state index contributed by atoms with van der Waals surface area (Å²) in [6, 6.07) is 12.4. The maximum atomic E-state index is 12.6. The van der Waals surface area contributed by atoms with Gasteiger partial charge in [0.25, 0.3) is 5.91 Å². The molecule has 0 spiro atoms. The van der Waals surface area contributed by atoms with Gasteiger partial charge < -0.3 is 19.4 Å². The monoisotopic (exact) mass is 399 g/mol. The summed E-state index contributed by atoms with van der Waals surface area (Å²) in [4.78, 5) is 28.8. The van der Waals surface area contributed by atoms with Gasteiger partial charge in [0.2, 0.25) is 5.91 Å². The van der Waals surface area contributed by atoms with Crippen LogP contribution in [0.2, 0.25) is 0 Å². The van der Waals surface area contributed by atoms with Crippen LogP contribution >= 0.6 is 11.3 Å². The van der Waals surface area contributed by atoms with Gasteiger partial charge >= 0.3 is 0 Å². The molecule has 28 heavy (non-hydrogen) atoms. The van der Waals surface area contributed by atoms with Gasteiger partial charge in [0.15, 0.2) is 4.80 Å². The van der Waals surface area contributed by atoms with Crippen molar-refractivity contribution in [2.45, 2.75) is 13.5 Å². The first-order chi connectivity index (χ1) is 13.5. The molecule has 0 aliphatic carbocycles. The van der Waals surface area contributed by atoms with E-state index in [1.54, 1.807) is 38.5 Å². The number of benzene rings is 2. The van der Waals surface area contributed by atoms with Crippen LogP contribution in [0.5, 0.6) is 5.75 Å². The number of hydrogen-bond donors (Lipinski definition) is 1. The number of methoxy groups -OCH3 is 2. The first-order valence-corrected chi connectivity index (χ1v) is 9.46. The van der Waals surface area contributed by atoms with Crippen LogP contribution in [0.25, 0.3) is 10.2 Å². The third kappa shape index (κ3) is 4.47. The van der Waals surface area contributed by atoms with Gasteiger partial charge in [-0.1, -0.05) is 11.3 Å². The minimum absolute atomic E-state index is 0.136. The van der Waals surface area contributed by atoms with Crippen LogP contribution in [-0.2, 0) is 16.1 Å². The standard InChI is InChI=1S/C20H21N3O4S/c1-13(24)21-15-6-9-17-18(12-15)28-20(23(17)10-11-26-2)22-19(25)14-4-7-16(27-3)8-5-14/h4-9,12H,10-11H2,1-3H3,(H,21,24). The SMILES string of the molecule is COCCn1c(=NC(=O)c2ccc(OC)cc2)sc2cc(NC(C)=O)ccc21. The fraction of sp³-hybridized carbons (Fsp3) is 0.250. The zero-order valence-corrected chi connectivity index (χ0v) is 16.7. The van der Waals surface area contributed by atoms with Crippen LogP contribution in [0.4, 0.5) is 5.69 Å². The van der Waals surface area contributed by atoms with Crippen molar-refractivity contribution in [1.29, 1.82) is 0 Å². The lowest BCUT2D eigenvalue weighted by Gasteiger charge is -2.05. The molecule has 146 valence electrons. The lowest BCUT2D eigenvalue weighted by Crippen LogP contribution is -2.19. The second-order valence-electron chi connectivity index (χ2n) is 6.04. The van der Waals surface area contributed by atoms with Crippen molar-refractivity contribution < 1.29 is 19.1 Å². The van der Waals surface area contributed by atoms with Gasteiger partial charge in [-0.15, -0.1) is 0 Å². The normalized spacial score (nSPS) is 11.6. The Kier molecular flexibility index (Phi) is 6.23. The van der Waals surface area contributed by atoms with E-state index in [1.807, 2.05) is 22.8 Å². The second kappa shape index (κ2) is 8.81. The molecule has 2 aromatic carbocycles. The minimum atomic E-state index is -0.331. The largest absolute Gasteiger partial charge is 0.497 e. The first-order valence-electron chi connectivity index (χ1n) is 8.65. The van der Waals surface area contributed by atoms with E-state index >= 15 is 0 Å². The van der Waals surface area contributed by atoms with Gasteiger partial charge in [0.05, 0.1) is 23.9 Å². The van der Waals surface area contributed by atoms with Gasteiger partial charge in [-0.05, 0) is 42.5 Å². The Hall–Kier alpha value is -2.97. The minimum Gasteiger partial charge on any atom is -0.497 e. The molecule has 0 fully saturated rings. The number of thiazole rings is 1. The molecule has 0 aliphatic heterocycles. The summed E-state index contributed by atoms with van der Waals surface area (Å²) in [5.74, 6) is 0.212. The van der Waals surface area contributed by atoms with Gasteiger partial charge in [-0.3, -0.25) is 9.59 Å². The quantitative estimate of drug-likeness (QED) is 0.691. The third-order valence-corrected chi connectivity index (χ3v) is 5.10. The average molecular weight is 399 g/mol. The Morgan fingerprint density at radius 2 is 1.89 bits per heavy atom. The van der Waals surface area contributed by atoms with Crippen LogP contribution in [0, 0.1) is 0 Å². The Morgan fingerprint density at radius 3 is 2.54 bits per heavy atom. The summed E-state index contributed by atoms with van der Waals surface area (Å²) in [6.45, 7) is 2.51. The van der Waals surface area contributed by atoms with E-state index in [0.717, 1.165) is 10.2 Å². The molecule has 1 heterocycles. The highest BCUT2D eigenvalue weighted by Crippen LogP contribution is 2.22. The molecule has 7 nitrogen and oxygen atoms in total. The highest BCUT2D eigenvalue weighted by Gasteiger charge is 2.10. The molecule has 0 aliphatic rings. The van der Waals surface area contributed by atoms with Gasteiger partial charge in [0, 0.05) is 31.8 Å². The van der Waals surface area contributed by atoms with E-state index < -0.39 is 0 Å². The van der Waals surface area contributed by atoms with Crippen LogP contribution < -0.4 is 14.9 Å². The van der Waals surface area contributed by atoms with Crippen LogP contribution in [0.3, 0.4) is 0 Å². The molecule has 0 radical (unpaired) electrons. The van der Waals surface area contributed by atoms with E-state index in [9.17, 15) is 9.59 Å². The molecule has 0 atom stereocenters. The smallest absolute Gasteiger partial charge is 0.279 e. The third-order valence-electron chi connectivity index (χ3n) is 4.06. The molecule has 3 rings (SSSR count). The Labute approximate surface area is 166 Å². The highest BCUT2D eigenvalue weighted by atomic mass is 32.1. The zero-order chi connectivity index (χ0) is 20.1. The number of carbonyl (C=O) groups is 2. The first kappa shape index (κ1) is 19.8. The summed E-state index contributed by atoms with van der Waals surface area (Å²) in [5.41, 5.74) is 2.11. The summed E-state index contributed by atoms with van der Waals surface area (Å²) in [7, 11) is 3.20. The Bertz CT molecular complexity index is 1070. The lowest BCUT2D eigenvalue weighted by molar-refractivity contribution is -0.114. The average Bonchev–Trinajstić information content (AvgIpc) is 3.02. The van der Waals surface area contributed by atoms with Crippen molar-refractivity contribution in [3.05, 3.63) is 52.8 Å². The van der Waals surface area contributed by atoms with Crippen molar-refractivity contribution >= 4 is 39.1 Å². The number of nitrogens with zero attached hydrogens (tertiary/aromatic N) is 2. The van der Waals surface area contributed by atoms with E-state index in [2.05, 4.69) is 10.3 Å². The van der Waals surface area contributed by atoms with Crippen LogP contribution in [0.1, 0.15) is 17.3 Å². The molecule has 0 unspecified atom stereocenters. The molecule has 0 bridgehead atoms. The lowest BCUT2D eigenvalue weighted by atomic mass is 10.2. The van der Waals surface area contributed by atoms with E-state index in [4.69, 9.17) is 9.47 Å². The number of ether oxygens (including phenoxy) is 2. The summed E-state index contributed by atoms with van der Waals surface area (Å²) >= 11 is 1.39. The van der Waals surface area contributed by atoms with Gasteiger partial charge in [0.1, 0.15) is 5.75 Å². The summed E-state index contributed by atoms with van der Waals surface area (Å²) in [5, 5.41) is 2.77. The van der Waals surface area contributed by atoms with E-state index in [0.29, 0.717) is 35.0 Å². The Morgan fingerprint density at radius 1 is 1.14 bits per heavy atom. The number of carbonyl (C=O) groups excluding carboxylic acids is 2. The molecule has 3 aromatic rings. The second-order valence-corrected chi connectivity index (χ2v) is 7.05. The van der Waals surface area contributed by atoms with Crippen molar-refractivity contribution in [3.63, 3.8) is 0 Å². The molecule has 1 N–H and O–H groups in total. The van der Waals surface area contributed by atoms with E-state index in [-0.39, 0.29) is 11.8 Å². The van der Waals surface area contributed by atoms with Crippen molar-refractivity contribution in [2.24, 2.45) is 4.99 Å². The summed E-state index contributed by atoms with van der Waals surface area (Å²) in [6.07, 6.45) is 0. The highest BCUT2D eigenvalue weighted by molar-refractivity contribution is 7.16. The number of aromatic nitrogens is 1. The molecule has 8 heteroatoms. The maximum absolute atomic E-state index is 12.6. The van der Waals surface area contributed by atoms with Gasteiger partial charge in [-0.2, -0.15) is 4.99 Å². The Balaban J connectivity index is 2.04. The fourth-order valence-corrected chi connectivity index (χ4v) is 3.82. The zero-order valence-electron chi connectivity index (χ0n) is 15.9. The number of hydrogen-bond acceptors (Lipinski definition) is 5. The predicted molar refractivity (Wildman–Crippen MR) is 109 cm³/mol. The maximum Gasteiger partial charge on any atom is 0.279 e. The summed E-state index contributed by atoms with van der Waals surface area (Å²) < 4.78 is 13.2. The predicted octanol–water partition coefficient (Wildman–Crippen LogP) is 3.06.